The topological polar surface area (TPSA) is 41.1 Å². The minimum Gasteiger partial charge on any atom is -0.340 e. The van der Waals surface area contributed by atoms with Crippen LogP contribution in [0.15, 0.2) is 66.9 Å². The molecule has 128 valence electrons. The maximum atomic E-state index is 4.67. The van der Waals surface area contributed by atoms with Gasteiger partial charge in [0.2, 0.25) is 5.95 Å². The molecule has 2 aromatic carbocycles. The Kier molecular flexibility index (Phi) is 4.70. The van der Waals surface area contributed by atoms with Crippen molar-refractivity contribution in [2.75, 3.05) is 17.3 Å². The molecule has 0 spiro atoms. The largest absolute Gasteiger partial charge is 0.340 e. The maximum Gasteiger partial charge on any atom is 0.231 e. The van der Waals surface area contributed by atoms with Crippen LogP contribution in [0.2, 0.25) is 0 Å². The predicted molar refractivity (Wildman–Crippen MR) is 105 cm³/mol. The number of benzene rings is 2. The van der Waals surface area contributed by atoms with Crippen LogP contribution in [0.3, 0.4) is 0 Å². The number of nitrogens with zero attached hydrogens (tertiary/aromatic N) is 3. The summed E-state index contributed by atoms with van der Waals surface area (Å²) in [5.74, 6) is 1.44. The lowest BCUT2D eigenvalue weighted by Crippen LogP contribution is -2.15. The van der Waals surface area contributed by atoms with E-state index in [0.717, 1.165) is 17.2 Å². The summed E-state index contributed by atoms with van der Waals surface area (Å²) in [5.41, 5.74) is 3.43. The Bertz CT molecular complexity index is 838. The molecule has 0 aliphatic carbocycles. The zero-order valence-electron chi connectivity index (χ0n) is 15.2. The van der Waals surface area contributed by atoms with E-state index in [1.165, 1.54) is 5.56 Å². The highest BCUT2D eigenvalue weighted by Crippen LogP contribution is 2.31. The van der Waals surface area contributed by atoms with Gasteiger partial charge in [0, 0.05) is 24.6 Å². The first kappa shape index (κ1) is 17.0. The van der Waals surface area contributed by atoms with Crippen molar-refractivity contribution in [3.8, 4) is 0 Å². The van der Waals surface area contributed by atoms with Crippen LogP contribution in [0, 0.1) is 0 Å². The number of rotatable bonds is 4. The first-order valence-electron chi connectivity index (χ1n) is 8.43. The van der Waals surface area contributed by atoms with Crippen molar-refractivity contribution in [1.29, 1.82) is 0 Å². The molecular weight excluding hydrogens is 308 g/mol. The smallest absolute Gasteiger partial charge is 0.231 e. The van der Waals surface area contributed by atoms with Crippen molar-refractivity contribution in [2.45, 2.75) is 26.2 Å². The van der Waals surface area contributed by atoms with E-state index in [4.69, 9.17) is 0 Å². The van der Waals surface area contributed by atoms with Gasteiger partial charge in [0.05, 0.1) is 0 Å². The molecule has 0 amide bonds. The Hall–Kier alpha value is -2.88. The van der Waals surface area contributed by atoms with Crippen LogP contribution in [0.1, 0.15) is 26.3 Å². The van der Waals surface area contributed by atoms with Gasteiger partial charge in [-0.25, -0.2) is 4.98 Å². The average Bonchev–Trinajstić information content (AvgIpc) is 2.62. The molecule has 3 rings (SSSR count). The van der Waals surface area contributed by atoms with Gasteiger partial charge < -0.3 is 10.2 Å². The van der Waals surface area contributed by atoms with Crippen LogP contribution >= 0.6 is 0 Å². The van der Waals surface area contributed by atoms with E-state index in [9.17, 15) is 0 Å². The fraction of sp³-hybridized carbons (Fsp3) is 0.238. The second-order valence-electron chi connectivity index (χ2n) is 7.06. The van der Waals surface area contributed by atoms with Crippen LogP contribution < -0.4 is 10.2 Å². The lowest BCUT2D eigenvalue weighted by atomic mass is 9.86. The van der Waals surface area contributed by atoms with Crippen molar-refractivity contribution in [3.63, 3.8) is 0 Å². The van der Waals surface area contributed by atoms with E-state index in [1.54, 1.807) is 6.20 Å². The summed E-state index contributed by atoms with van der Waals surface area (Å²) in [5, 5.41) is 3.45. The summed E-state index contributed by atoms with van der Waals surface area (Å²) >= 11 is 0. The van der Waals surface area contributed by atoms with Crippen LogP contribution in [-0.4, -0.2) is 17.0 Å². The third-order valence-electron chi connectivity index (χ3n) is 4.08. The molecule has 0 aliphatic rings. The van der Waals surface area contributed by atoms with Crippen LogP contribution in [0.4, 0.5) is 23.1 Å². The SMILES string of the molecule is CN(c1ccccc1)c1nccc(Nc2ccccc2C(C)(C)C)n1. The summed E-state index contributed by atoms with van der Waals surface area (Å²) in [6.45, 7) is 6.63. The summed E-state index contributed by atoms with van der Waals surface area (Å²) in [6.07, 6.45) is 1.78. The fourth-order valence-corrected chi connectivity index (χ4v) is 2.73. The number of hydrogen-bond acceptors (Lipinski definition) is 4. The molecule has 0 unspecified atom stereocenters. The Balaban J connectivity index is 1.89. The Morgan fingerprint density at radius 2 is 1.56 bits per heavy atom. The molecule has 1 heterocycles. The van der Waals surface area contributed by atoms with Crippen molar-refractivity contribution in [2.24, 2.45) is 0 Å². The molecule has 0 fully saturated rings. The van der Waals surface area contributed by atoms with Crippen molar-refractivity contribution in [1.82, 2.24) is 9.97 Å². The molecule has 1 N–H and O–H groups in total. The van der Waals surface area contributed by atoms with Gasteiger partial charge in [-0.15, -0.1) is 0 Å². The quantitative estimate of drug-likeness (QED) is 0.705. The number of para-hydroxylation sites is 2. The third-order valence-corrected chi connectivity index (χ3v) is 4.08. The van der Waals surface area contributed by atoms with Crippen molar-refractivity contribution < 1.29 is 0 Å². The molecule has 3 aromatic rings. The molecule has 0 bridgehead atoms. The van der Waals surface area contributed by atoms with Crippen LogP contribution in [-0.2, 0) is 5.41 Å². The zero-order chi connectivity index (χ0) is 17.9. The lowest BCUT2D eigenvalue weighted by molar-refractivity contribution is 0.592. The van der Waals surface area contributed by atoms with Crippen LogP contribution in [0.25, 0.3) is 0 Å². The minimum absolute atomic E-state index is 0.0558. The Morgan fingerprint density at radius 3 is 2.28 bits per heavy atom. The molecule has 4 nitrogen and oxygen atoms in total. The minimum atomic E-state index is 0.0558. The van der Waals surface area contributed by atoms with Crippen molar-refractivity contribution >= 4 is 23.1 Å². The normalized spacial score (nSPS) is 11.2. The first-order chi connectivity index (χ1) is 11.9. The summed E-state index contributed by atoms with van der Waals surface area (Å²) in [7, 11) is 1.97. The van der Waals surface area contributed by atoms with E-state index in [0.29, 0.717) is 5.95 Å². The van der Waals surface area contributed by atoms with Gasteiger partial charge in [0.15, 0.2) is 0 Å². The third kappa shape index (κ3) is 3.97. The summed E-state index contributed by atoms with van der Waals surface area (Å²) < 4.78 is 0. The van der Waals surface area contributed by atoms with Gasteiger partial charge in [-0.2, -0.15) is 4.98 Å². The monoisotopic (exact) mass is 332 g/mol. The van der Waals surface area contributed by atoms with E-state index in [2.05, 4.69) is 54.3 Å². The number of nitrogens with one attached hydrogen (secondary N) is 1. The van der Waals surface area contributed by atoms with Gasteiger partial charge in [-0.05, 0) is 35.2 Å². The molecule has 4 heteroatoms. The standard InChI is InChI=1S/C21H24N4/c1-21(2,3)17-12-8-9-13-18(17)23-19-14-15-22-20(24-19)25(4)16-10-6-5-7-11-16/h5-15H,1-4H3,(H,22,23,24). The molecule has 0 atom stereocenters. The summed E-state index contributed by atoms with van der Waals surface area (Å²) in [6, 6.07) is 20.3. The molecule has 0 radical (unpaired) electrons. The second-order valence-corrected chi connectivity index (χ2v) is 7.06. The van der Waals surface area contributed by atoms with Gasteiger partial charge >= 0.3 is 0 Å². The first-order valence-corrected chi connectivity index (χ1v) is 8.43. The summed E-state index contributed by atoms with van der Waals surface area (Å²) in [4.78, 5) is 11.0. The highest BCUT2D eigenvalue weighted by molar-refractivity contribution is 5.64. The molecule has 0 saturated carbocycles. The van der Waals surface area contributed by atoms with Crippen molar-refractivity contribution in [3.05, 3.63) is 72.4 Å². The van der Waals surface area contributed by atoms with E-state index >= 15 is 0 Å². The lowest BCUT2D eigenvalue weighted by Gasteiger charge is -2.23. The highest BCUT2D eigenvalue weighted by atomic mass is 15.2. The van der Waals surface area contributed by atoms with Gasteiger partial charge in [0.25, 0.3) is 0 Å². The Labute approximate surface area is 149 Å². The Morgan fingerprint density at radius 1 is 0.880 bits per heavy atom. The zero-order valence-corrected chi connectivity index (χ0v) is 15.2. The number of hydrogen-bond donors (Lipinski definition) is 1. The second kappa shape index (κ2) is 6.93. The molecule has 25 heavy (non-hydrogen) atoms. The predicted octanol–water partition coefficient (Wildman–Crippen LogP) is 5.29. The van der Waals surface area contributed by atoms with E-state index in [-0.39, 0.29) is 5.41 Å². The van der Waals surface area contributed by atoms with Gasteiger partial charge in [0.1, 0.15) is 5.82 Å². The van der Waals surface area contributed by atoms with Crippen LogP contribution in [0.5, 0.6) is 0 Å². The van der Waals surface area contributed by atoms with Gasteiger partial charge in [-0.1, -0.05) is 57.2 Å². The molecular formula is C21H24N4. The number of aromatic nitrogens is 2. The van der Waals surface area contributed by atoms with E-state index in [1.807, 2.05) is 54.4 Å². The maximum absolute atomic E-state index is 4.67. The molecule has 0 saturated heterocycles. The van der Waals surface area contributed by atoms with Gasteiger partial charge in [-0.3, -0.25) is 0 Å². The fourth-order valence-electron chi connectivity index (χ4n) is 2.73. The highest BCUT2D eigenvalue weighted by Gasteiger charge is 2.18. The molecule has 0 aliphatic heterocycles. The molecule has 1 aromatic heterocycles. The average molecular weight is 332 g/mol. The number of anilines is 4. The van der Waals surface area contributed by atoms with E-state index < -0.39 is 0 Å².